The highest BCUT2D eigenvalue weighted by Crippen LogP contribution is 2.11. The minimum Gasteiger partial charge on any atom is -0.399 e. The van der Waals surface area contributed by atoms with Gasteiger partial charge in [0, 0.05) is 11.9 Å². The molecule has 3 N–H and O–H groups in total. The average molecular weight is 186 g/mol. The van der Waals surface area contributed by atoms with E-state index in [0.29, 0.717) is 11.4 Å². The van der Waals surface area contributed by atoms with Gasteiger partial charge in [-0.15, -0.1) is 0 Å². The van der Waals surface area contributed by atoms with E-state index in [1.54, 1.807) is 24.3 Å². The van der Waals surface area contributed by atoms with Crippen molar-refractivity contribution in [2.75, 3.05) is 17.5 Å². The average Bonchev–Trinajstić information content (AvgIpc) is 2.01. The van der Waals surface area contributed by atoms with Gasteiger partial charge in [0.25, 0.3) is 0 Å². The summed E-state index contributed by atoms with van der Waals surface area (Å²) in [5.41, 5.74) is 9.31. The van der Waals surface area contributed by atoms with Crippen LogP contribution in [0.15, 0.2) is 24.3 Å². The fourth-order valence-electron chi connectivity index (χ4n) is 0.709. The van der Waals surface area contributed by atoms with E-state index in [2.05, 4.69) is 9.76 Å². The van der Waals surface area contributed by atoms with Gasteiger partial charge >= 0.3 is 0 Å². The Morgan fingerprint density at radius 3 is 2.92 bits per heavy atom. The molecule has 4 nitrogen and oxygen atoms in total. The summed E-state index contributed by atoms with van der Waals surface area (Å²) < 4.78 is 15.1. The van der Waals surface area contributed by atoms with Crippen LogP contribution in [0, 0.1) is 0 Å². The molecule has 0 aromatic heterocycles. The van der Waals surface area contributed by atoms with Crippen molar-refractivity contribution < 1.29 is 8.49 Å². The quantitative estimate of drug-likeness (QED) is 0.544. The molecule has 5 heteroatoms. The zero-order valence-corrected chi connectivity index (χ0v) is 7.43. The second-order valence-electron chi connectivity index (χ2n) is 2.21. The van der Waals surface area contributed by atoms with Crippen LogP contribution < -0.4 is 11.2 Å². The normalized spacial score (nSPS) is 12.4. The maximum absolute atomic E-state index is 10.5. The number of hydrogen-bond donors (Lipinski definition) is 2. The summed E-state index contributed by atoms with van der Waals surface area (Å²) in [5, 5.41) is 0. The molecule has 1 aromatic carbocycles. The minimum absolute atomic E-state index is 0.630. The van der Waals surface area contributed by atoms with Crippen LogP contribution in [0.4, 0.5) is 11.4 Å². The predicted molar refractivity (Wildman–Crippen MR) is 49.6 cm³/mol. The van der Waals surface area contributed by atoms with Gasteiger partial charge in [0.15, 0.2) is 11.1 Å². The van der Waals surface area contributed by atoms with Crippen LogP contribution in [0.2, 0.25) is 0 Å². The van der Waals surface area contributed by atoms with Gasteiger partial charge in [0.1, 0.15) is 0 Å². The molecular formula is C7H10N2O2S. The first-order valence-corrected chi connectivity index (χ1v) is 4.79. The van der Waals surface area contributed by atoms with Crippen molar-refractivity contribution in [3.05, 3.63) is 24.3 Å². The van der Waals surface area contributed by atoms with Gasteiger partial charge in [-0.05, 0) is 18.2 Å². The molecule has 12 heavy (non-hydrogen) atoms. The van der Waals surface area contributed by atoms with Crippen molar-refractivity contribution in [2.24, 2.45) is 0 Å². The van der Waals surface area contributed by atoms with Gasteiger partial charge in [-0.3, -0.25) is 5.48 Å². The van der Waals surface area contributed by atoms with Gasteiger partial charge in [-0.2, -0.15) is 4.28 Å². The molecule has 0 bridgehead atoms. The maximum Gasteiger partial charge on any atom is 0.176 e. The molecule has 0 fully saturated rings. The highest BCUT2D eigenvalue weighted by atomic mass is 32.2. The largest absolute Gasteiger partial charge is 0.399 e. The molecule has 0 aliphatic rings. The predicted octanol–water partition coefficient (Wildman–Crippen LogP) is 0.906. The van der Waals surface area contributed by atoms with Crippen LogP contribution in [-0.4, -0.2) is 10.5 Å². The summed E-state index contributed by atoms with van der Waals surface area (Å²) in [5.74, 6) is 0. The Kier molecular flexibility index (Phi) is 3.07. The minimum atomic E-state index is -1.32. The van der Waals surface area contributed by atoms with E-state index in [9.17, 15) is 4.21 Å². The highest BCUT2D eigenvalue weighted by Gasteiger charge is 1.93. The number of anilines is 2. The van der Waals surface area contributed by atoms with E-state index in [1.807, 2.05) is 0 Å². The molecule has 0 radical (unpaired) electrons. The molecule has 0 amide bonds. The second-order valence-corrected chi connectivity index (χ2v) is 3.18. The number of nitrogens with one attached hydrogen (secondary N) is 1. The molecule has 0 spiro atoms. The van der Waals surface area contributed by atoms with Crippen molar-refractivity contribution in [1.29, 1.82) is 0 Å². The lowest BCUT2D eigenvalue weighted by Gasteiger charge is -2.03. The molecule has 0 saturated heterocycles. The summed E-state index contributed by atoms with van der Waals surface area (Å²) in [6, 6.07) is 6.99. The van der Waals surface area contributed by atoms with Crippen LogP contribution in [0.25, 0.3) is 0 Å². The molecule has 1 unspecified atom stereocenters. The van der Waals surface area contributed by atoms with Crippen LogP contribution in [0.3, 0.4) is 0 Å². The third-order valence-electron chi connectivity index (χ3n) is 1.16. The van der Waals surface area contributed by atoms with Crippen molar-refractivity contribution >= 4 is 22.5 Å². The van der Waals surface area contributed by atoms with Gasteiger partial charge in [0.2, 0.25) is 0 Å². The van der Waals surface area contributed by atoms with Gasteiger partial charge in [-0.1, -0.05) is 6.07 Å². The van der Waals surface area contributed by atoms with Crippen LogP contribution in [-0.2, 0) is 15.4 Å². The number of benzene rings is 1. The number of rotatable bonds is 3. The van der Waals surface area contributed by atoms with E-state index in [-0.39, 0.29) is 0 Å². The first kappa shape index (κ1) is 9.02. The SMILES string of the molecule is CS(=O)ONc1cccc(N)c1. The van der Waals surface area contributed by atoms with Crippen molar-refractivity contribution in [3.8, 4) is 0 Å². The van der Waals surface area contributed by atoms with E-state index in [4.69, 9.17) is 5.73 Å². The molecule has 0 aliphatic heterocycles. The van der Waals surface area contributed by atoms with Crippen molar-refractivity contribution in [1.82, 2.24) is 0 Å². The summed E-state index contributed by atoms with van der Waals surface area (Å²) in [6.45, 7) is 0. The topological polar surface area (TPSA) is 64.3 Å². The lowest BCUT2D eigenvalue weighted by atomic mass is 10.3. The molecule has 1 rings (SSSR count). The lowest BCUT2D eigenvalue weighted by Crippen LogP contribution is -2.02. The summed E-state index contributed by atoms with van der Waals surface area (Å²) in [4.78, 5) is 0. The Hall–Kier alpha value is -1.07. The zero-order chi connectivity index (χ0) is 8.97. The van der Waals surface area contributed by atoms with Gasteiger partial charge < -0.3 is 5.73 Å². The Labute approximate surface area is 73.3 Å². The summed E-state index contributed by atoms with van der Waals surface area (Å²) >= 11 is -1.32. The molecule has 0 heterocycles. The van der Waals surface area contributed by atoms with Crippen molar-refractivity contribution in [3.63, 3.8) is 0 Å². The van der Waals surface area contributed by atoms with Crippen LogP contribution >= 0.6 is 0 Å². The first-order chi connectivity index (χ1) is 5.68. The molecule has 66 valence electrons. The van der Waals surface area contributed by atoms with Gasteiger partial charge in [0.05, 0.1) is 5.69 Å². The van der Waals surface area contributed by atoms with E-state index < -0.39 is 11.1 Å². The summed E-state index contributed by atoms with van der Waals surface area (Å²) in [6.07, 6.45) is 1.43. The zero-order valence-electron chi connectivity index (χ0n) is 6.61. The number of hydrogen-bond acceptors (Lipinski definition) is 4. The lowest BCUT2D eigenvalue weighted by molar-refractivity contribution is 0.440. The molecule has 1 atom stereocenters. The molecule has 0 aliphatic carbocycles. The monoisotopic (exact) mass is 186 g/mol. The molecule has 1 aromatic rings. The van der Waals surface area contributed by atoms with Crippen molar-refractivity contribution in [2.45, 2.75) is 0 Å². The fourth-order valence-corrected chi connectivity index (χ4v) is 0.923. The van der Waals surface area contributed by atoms with E-state index in [0.717, 1.165) is 0 Å². The first-order valence-electron chi connectivity index (χ1n) is 3.31. The van der Waals surface area contributed by atoms with E-state index >= 15 is 0 Å². The Morgan fingerprint density at radius 2 is 2.33 bits per heavy atom. The Bertz CT molecular complexity index is 290. The maximum atomic E-state index is 10.5. The van der Waals surface area contributed by atoms with Crippen LogP contribution in [0.5, 0.6) is 0 Å². The van der Waals surface area contributed by atoms with Crippen LogP contribution in [0.1, 0.15) is 0 Å². The number of nitrogen functional groups attached to an aromatic ring is 1. The Balaban J connectivity index is 2.57. The second kappa shape index (κ2) is 4.08. The molecule has 0 saturated carbocycles. The number of nitrogens with two attached hydrogens (primary N) is 1. The fraction of sp³-hybridized carbons (Fsp3) is 0.143. The third-order valence-corrected chi connectivity index (χ3v) is 1.48. The van der Waals surface area contributed by atoms with E-state index in [1.165, 1.54) is 6.26 Å². The van der Waals surface area contributed by atoms with Gasteiger partial charge in [-0.25, -0.2) is 4.21 Å². The summed E-state index contributed by atoms with van der Waals surface area (Å²) in [7, 11) is 0. The smallest absolute Gasteiger partial charge is 0.176 e. The standard InChI is InChI=1S/C7H10N2O2S/c1-12(10)11-9-7-4-2-3-6(8)5-7/h2-5,9H,8H2,1H3. The Morgan fingerprint density at radius 1 is 1.58 bits per heavy atom. The third kappa shape index (κ3) is 2.89. The molecular weight excluding hydrogens is 176 g/mol. The highest BCUT2D eigenvalue weighted by molar-refractivity contribution is 7.79.